The Labute approximate surface area is 152 Å². The molecule has 7 heteroatoms. The maximum Gasteiger partial charge on any atom is 0.315 e. The van der Waals surface area contributed by atoms with E-state index in [1.165, 1.54) is 0 Å². The summed E-state index contributed by atoms with van der Waals surface area (Å²) in [6, 6.07) is 14.1. The van der Waals surface area contributed by atoms with E-state index in [-0.39, 0.29) is 11.9 Å². The normalized spacial score (nSPS) is 17.0. The maximum absolute atomic E-state index is 12.5. The number of primary amides is 1. The van der Waals surface area contributed by atoms with Crippen molar-refractivity contribution in [3.8, 4) is 0 Å². The molecule has 1 atom stereocenters. The van der Waals surface area contributed by atoms with Gasteiger partial charge in [-0.15, -0.1) is 0 Å². The monoisotopic (exact) mass is 353 g/mol. The van der Waals surface area contributed by atoms with E-state index in [2.05, 4.69) is 10.6 Å². The Kier molecular flexibility index (Phi) is 5.50. The van der Waals surface area contributed by atoms with Crippen molar-refractivity contribution in [2.75, 3.05) is 25.0 Å². The third-order valence-corrected chi connectivity index (χ3v) is 4.57. The van der Waals surface area contributed by atoms with Gasteiger partial charge in [0.2, 0.25) is 0 Å². The van der Waals surface area contributed by atoms with Gasteiger partial charge in [-0.25, -0.2) is 4.79 Å². The fourth-order valence-electron chi connectivity index (χ4n) is 3.14. The number of nitrogens with one attached hydrogen (secondary N) is 2. The van der Waals surface area contributed by atoms with Crippen molar-refractivity contribution in [3.05, 3.63) is 65.2 Å². The number of carbonyl (C=O) groups excluding carboxylic acids is 2. The van der Waals surface area contributed by atoms with Crippen LogP contribution in [-0.4, -0.2) is 36.5 Å². The van der Waals surface area contributed by atoms with Crippen molar-refractivity contribution >= 4 is 17.6 Å². The number of nitrogens with two attached hydrogens (primary N) is 2. The van der Waals surface area contributed by atoms with E-state index < -0.39 is 6.03 Å². The first-order valence-corrected chi connectivity index (χ1v) is 8.56. The Balaban J connectivity index is 1.74. The Morgan fingerprint density at radius 3 is 2.58 bits per heavy atom. The van der Waals surface area contributed by atoms with Gasteiger partial charge in [0.15, 0.2) is 0 Å². The van der Waals surface area contributed by atoms with E-state index in [0.29, 0.717) is 30.9 Å². The fourth-order valence-corrected chi connectivity index (χ4v) is 3.14. The average Bonchev–Trinajstić information content (AvgIpc) is 2.68. The van der Waals surface area contributed by atoms with E-state index in [4.69, 9.17) is 11.5 Å². The van der Waals surface area contributed by atoms with Crippen LogP contribution in [0.5, 0.6) is 0 Å². The molecule has 1 aliphatic heterocycles. The molecule has 1 aliphatic rings. The lowest BCUT2D eigenvalue weighted by molar-refractivity contribution is 0.102. The molecule has 0 aliphatic carbocycles. The van der Waals surface area contributed by atoms with Crippen molar-refractivity contribution < 1.29 is 9.59 Å². The Morgan fingerprint density at radius 2 is 1.88 bits per heavy atom. The summed E-state index contributed by atoms with van der Waals surface area (Å²) >= 11 is 0. The largest absolute Gasteiger partial charge is 0.351 e. The van der Waals surface area contributed by atoms with Crippen LogP contribution in [0.4, 0.5) is 10.5 Å². The van der Waals surface area contributed by atoms with Gasteiger partial charge in [-0.05, 0) is 29.3 Å². The number of para-hydroxylation sites is 1. The zero-order valence-corrected chi connectivity index (χ0v) is 14.4. The summed E-state index contributed by atoms with van der Waals surface area (Å²) in [6.07, 6.45) is 0. The second kappa shape index (κ2) is 7.99. The number of nitrogens with zero attached hydrogens (tertiary/aromatic N) is 1. The number of hydrogen-bond donors (Lipinski definition) is 4. The molecule has 3 amide bonds. The van der Waals surface area contributed by atoms with Crippen molar-refractivity contribution in [2.45, 2.75) is 12.6 Å². The first kappa shape index (κ1) is 17.9. The lowest BCUT2D eigenvalue weighted by atomic mass is 10.0. The van der Waals surface area contributed by atoms with Crippen LogP contribution in [0, 0.1) is 0 Å². The molecule has 1 saturated heterocycles. The van der Waals surface area contributed by atoms with Gasteiger partial charge in [0.1, 0.15) is 0 Å². The Hall–Kier alpha value is -2.90. The first-order chi connectivity index (χ1) is 12.6. The van der Waals surface area contributed by atoms with Crippen LogP contribution in [0.3, 0.4) is 0 Å². The lowest BCUT2D eigenvalue weighted by Gasteiger charge is -2.35. The van der Waals surface area contributed by atoms with Gasteiger partial charge in [-0.3, -0.25) is 4.79 Å². The van der Waals surface area contributed by atoms with E-state index in [1.54, 1.807) is 17.0 Å². The summed E-state index contributed by atoms with van der Waals surface area (Å²) in [5, 5.41) is 6.15. The van der Waals surface area contributed by atoms with Crippen LogP contribution < -0.4 is 22.1 Å². The van der Waals surface area contributed by atoms with Gasteiger partial charge < -0.3 is 27.0 Å². The van der Waals surface area contributed by atoms with Crippen molar-refractivity contribution in [2.24, 2.45) is 11.5 Å². The van der Waals surface area contributed by atoms with Crippen molar-refractivity contribution in [3.63, 3.8) is 0 Å². The third kappa shape index (κ3) is 3.84. The number of piperazine rings is 1. The number of anilines is 1. The van der Waals surface area contributed by atoms with Gasteiger partial charge in [0.05, 0.1) is 6.04 Å². The third-order valence-electron chi connectivity index (χ3n) is 4.57. The number of benzene rings is 2. The maximum atomic E-state index is 12.5. The molecule has 7 nitrogen and oxygen atoms in total. The molecule has 0 radical (unpaired) electrons. The minimum absolute atomic E-state index is 0.128. The zero-order valence-electron chi connectivity index (χ0n) is 14.4. The molecule has 2 aromatic rings. The number of carbonyl (C=O) groups is 2. The lowest BCUT2D eigenvalue weighted by Crippen LogP contribution is -2.50. The quantitative estimate of drug-likeness (QED) is 0.666. The summed E-state index contributed by atoms with van der Waals surface area (Å²) in [5.74, 6) is -0.203. The minimum Gasteiger partial charge on any atom is -0.351 e. The number of urea groups is 1. The molecule has 0 spiro atoms. The van der Waals surface area contributed by atoms with Crippen LogP contribution in [0.15, 0.2) is 48.5 Å². The topological polar surface area (TPSA) is 113 Å². The summed E-state index contributed by atoms with van der Waals surface area (Å²) in [6.45, 7) is 2.28. The molecule has 136 valence electrons. The van der Waals surface area contributed by atoms with Crippen LogP contribution in [0.2, 0.25) is 0 Å². The van der Waals surface area contributed by atoms with Crippen LogP contribution >= 0.6 is 0 Å². The molecule has 1 fully saturated rings. The highest BCUT2D eigenvalue weighted by atomic mass is 16.2. The second-order valence-corrected chi connectivity index (χ2v) is 6.19. The van der Waals surface area contributed by atoms with E-state index in [1.807, 2.05) is 36.4 Å². The molecule has 26 heavy (non-hydrogen) atoms. The molecule has 6 N–H and O–H groups in total. The molecule has 2 aromatic carbocycles. The van der Waals surface area contributed by atoms with Gasteiger partial charge in [0, 0.05) is 37.4 Å². The molecular formula is C19H23N5O2. The fraction of sp³-hybridized carbons (Fsp3) is 0.263. The predicted molar refractivity (Wildman–Crippen MR) is 101 cm³/mol. The molecule has 0 aromatic heterocycles. The summed E-state index contributed by atoms with van der Waals surface area (Å²) in [7, 11) is 0. The standard InChI is InChI=1S/C19H23N5O2/c20-11-15-3-1-2-4-16(15)23-18(25)14-7-5-13(6-8-14)17-12-22-9-10-24(17)19(21)26/h1-8,17,22H,9-12,20H2,(H2,21,26)(H,23,25). The van der Waals surface area contributed by atoms with Gasteiger partial charge in [0.25, 0.3) is 5.91 Å². The highest BCUT2D eigenvalue weighted by Crippen LogP contribution is 2.23. The summed E-state index contributed by atoms with van der Waals surface area (Å²) < 4.78 is 0. The molecule has 3 rings (SSSR count). The minimum atomic E-state index is -0.434. The highest BCUT2D eigenvalue weighted by Gasteiger charge is 2.26. The summed E-state index contributed by atoms with van der Waals surface area (Å²) in [4.78, 5) is 25.8. The van der Waals surface area contributed by atoms with E-state index in [9.17, 15) is 9.59 Å². The van der Waals surface area contributed by atoms with Crippen LogP contribution in [-0.2, 0) is 6.54 Å². The van der Waals surface area contributed by atoms with Gasteiger partial charge in [-0.2, -0.15) is 0 Å². The molecule has 0 saturated carbocycles. The number of amides is 3. The van der Waals surface area contributed by atoms with Crippen LogP contribution in [0.1, 0.15) is 27.5 Å². The van der Waals surface area contributed by atoms with Gasteiger partial charge >= 0.3 is 6.03 Å². The molecular weight excluding hydrogens is 330 g/mol. The molecule has 0 bridgehead atoms. The molecule has 1 heterocycles. The average molecular weight is 353 g/mol. The van der Waals surface area contributed by atoms with Gasteiger partial charge in [-0.1, -0.05) is 30.3 Å². The second-order valence-electron chi connectivity index (χ2n) is 6.19. The predicted octanol–water partition coefficient (Wildman–Crippen LogP) is 1.42. The summed E-state index contributed by atoms with van der Waals surface area (Å²) in [5.41, 5.74) is 14.2. The van der Waals surface area contributed by atoms with E-state index in [0.717, 1.165) is 17.7 Å². The Bertz CT molecular complexity index is 791. The smallest absolute Gasteiger partial charge is 0.315 e. The van der Waals surface area contributed by atoms with E-state index >= 15 is 0 Å². The Morgan fingerprint density at radius 1 is 1.15 bits per heavy atom. The van der Waals surface area contributed by atoms with Crippen molar-refractivity contribution in [1.29, 1.82) is 0 Å². The SMILES string of the molecule is NCc1ccccc1NC(=O)c1ccc(C2CNCCN2C(N)=O)cc1. The number of hydrogen-bond acceptors (Lipinski definition) is 4. The zero-order chi connectivity index (χ0) is 18.5. The number of rotatable bonds is 4. The first-order valence-electron chi connectivity index (χ1n) is 8.56. The molecule has 1 unspecified atom stereocenters. The highest BCUT2D eigenvalue weighted by molar-refractivity contribution is 6.04. The van der Waals surface area contributed by atoms with Crippen molar-refractivity contribution in [1.82, 2.24) is 10.2 Å². The van der Waals surface area contributed by atoms with Crippen LogP contribution in [0.25, 0.3) is 0 Å².